The van der Waals surface area contributed by atoms with Crippen LogP contribution >= 0.6 is 0 Å². The zero-order valence-electron chi connectivity index (χ0n) is 12.4. The molecule has 0 fully saturated rings. The van der Waals surface area contributed by atoms with Crippen LogP contribution in [0.15, 0.2) is 29.4 Å². The molecular formula is C14H18N4O4. The van der Waals surface area contributed by atoms with Crippen molar-refractivity contribution < 1.29 is 19.4 Å². The Hall–Kier alpha value is -2.57. The SMILES string of the molecule is CC(C)(N=[N+]=[N-])C(=O)OCc1ccc(CC(N)C(=O)O)cc1. The molecule has 8 heteroatoms. The average molecular weight is 306 g/mol. The molecule has 0 aliphatic heterocycles. The van der Waals surface area contributed by atoms with Crippen LogP contribution in [-0.4, -0.2) is 28.6 Å². The predicted molar refractivity (Wildman–Crippen MR) is 78.8 cm³/mol. The zero-order chi connectivity index (χ0) is 16.8. The van der Waals surface area contributed by atoms with Crippen LogP contribution in [0, 0.1) is 0 Å². The summed E-state index contributed by atoms with van der Waals surface area (Å²) in [5.74, 6) is -1.68. The highest BCUT2D eigenvalue weighted by Gasteiger charge is 2.27. The van der Waals surface area contributed by atoms with Crippen molar-refractivity contribution in [1.29, 1.82) is 0 Å². The van der Waals surface area contributed by atoms with Gasteiger partial charge in [-0.3, -0.25) is 9.59 Å². The van der Waals surface area contributed by atoms with E-state index in [0.29, 0.717) is 0 Å². The highest BCUT2D eigenvalue weighted by atomic mass is 16.5. The molecule has 1 aromatic carbocycles. The molecule has 0 bridgehead atoms. The Bertz CT molecular complexity index is 591. The third-order valence-electron chi connectivity index (χ3n) is 2.96. The smallest absolute Gasteiger partial charge is 0.320 e. The number of hydrogen-bond donors (Lipinski definition) is 2. The molecule has 0 aliphatic carbocycles. The first-order valence-corrected chi connectivity index (χ1v) is 6.56. The summed E-state index contributed by atoms with van der Waals surface area (Å²) in [6.07, 6.45) is 0.222. The molecule has 0 spiro atoms. The Morgan fingerprint density at radius 3 is 2.41 bits per heavy atom. The summed E-state index contributed by atoms with van der Waals surface area (Å²) in [5.41, 5.74) is 14.1. The van der Waals surface area contributed by atoms with Crippen LogP contribution in [0.25, 0.3) is 10.4 Å². The van der Waals surface area contributed by atoms with Crippen LogP contribution in [0.4, 0.5) is 0 Å². The number of carbonyl (C=O) groups is 2. The number of nitrogens with two attached hydrogens (primary N) is 1. The number of nitrogens with zero attached hydrogens (tertiary/aromatic N) is 3. The number of ether oxygens (including phenoxy) is 1. The van der Waals surface area contributed by atoms with Gasteiger partial charge in [-0.15, -0.1) is 0 Å². The van der Waals surface area contributed by atoms with Gasteiger partial charge in [-0.2, -0.15) is 0 Å². The van der Waals surface area contributed by atoms with Crippen molar-refractivity contribution in [3.63, 3.8) is 0 Å². The molecule has 1 unspecified atom stereocenters. The molecule has 22 heavy (non-hydrogen) atoms. The highest BCUT2D eigenvalue weighted by Crippen LogP contribution is 2.14. The Morgan fingerprint density at radius 2 is 1.91 bits per heavy atom. The second-order valence-corrected chi connectivity index (χ2v) is 5.29. The molecule has 0 aliphatic rings. The van der Waals surface area contributed by atoms with Gasteiger partial charge in [-0.25, -0.2) is 0 Å². The molecule has 1 aromatic rings. The van der Waals surface area contributed by atoms with Crippen LogP contribution in [-0.2, 0) is 27.4 Å². The topological polar surface area (TPSA) is 138 Å². The van der Waals surface area contributed by atoms with Gasteiger partial charge in [0.1, 0.15) is 18.2 Å². The van der Waals surface area contributed by atoms with E-state index in [9.17, 15) is 9.59 Å². The Balaban J connectivity index is 2.60. The van der Waals surface area contributed by atoms with E-state index in [-0.39, 0.29) is 13.0 Å². The minimum atomic E-state index is -1.26. The number of azide groups is 1. The minimum Gasteiger partial charge on any atom is -0.480 e. The van der Waals surface area contributed by atoms with Gasteiger partial charge in [0.2, 0.25) is 0 Å². The van der Waals surface area contributed by atoms with Gasteiger partial charge in [-0.05, 0) is 36.9 Å². The average Bonchev–Trinajstić information content (AvgIpc) is 2.45. The Morgan fingerprint density at radius 1 is 1.36 bits per heavy atom. The second kappa shape index (κ2) is 7.44. The predicted octanol–water partition coefficient (Wildman–Crippen LogP) is 1.77. The fourth-order valence-electron chi connectivity index (χ4n) is 1.59. The molecule has 118 valence electrons. The number of benzene rings is 1. The molecule has 0 amide bonds. The van der Waals surface area contributed by atoms with Gasteiger partial charge in [0.15, 0.2) is 0 Å². The van der Waals surface area contributed by atoms with Crippen molar-refractivity contribution in [1.82, 2.24) is 0 Å². The number of esters is 1. The quantitative estimate of drug-likeness (QED) is 0.342. The van der Waals surface area contributed by atoms with Crippen molar-refractivity contribution >= 4 is 11.9 Å². The molecule has 0 saturated carbocycles. The van der Waals surface area contributed by atoms with Crippen LogP contribution in [0.1, 0.15) is 25.0 Å². The standard InChI is InChI=1S/C14H18N4O4/c1-14(2,17-18-16)13(21)22-8-10-5-3-9(4-6-10)7-11(15)12(19)20/h3-6,11H,7-8,15H2,1-2H3,(H,19,20). The molecule has 0 radical (unpaired) electrons. The molecule has 0 aromatic heterocycles. The van der Waals surface area contributed by atoms with Gasteiger partial charge in [0.05, 0.1) is 0 Å². The zero-order valence-corrected chi connectivity index (χ0v) is 12.4. The van der Waals surface area contributed by atoms with Crippen molar-refractivity contribution in [2.24, 2.45) is 10.8 Å². The van der Waals surface area contributed by atoms with Crippen LogP contribution in [0.2, 0.25) is 0 Å². The molecule has 0 heterocycles. The van der Waals surface area contributed by atoms with Gasteiger partial charge >= 0.3 is 11.9 Å². The first-order valence-electron chi connectivity index (χ1n) is 6.56. The van der Waals surface area contributed by atoms with Gasteiger partial charge < -0.3 is 15.6 Å². The number of rotatable bonds is 7. The lowest BCUT2D eigenvalue weighted by molar-refractivity contribution is -0.150. The number of carboxylic acids is 1. The first-order chi connectivity index (χ1) is 10.3. The molecular weight excluding hydrogens is 288 g/mol. The third-order valence-corrected chi connectivity index (χ3v) is 2.96. The summed E-state index contributed by atoms with van der Waals surface area (Å²) in [6, 6.07) is 5.94. The summed E-state index contributed by atoms with van der Waals surface area (Å²) in [6.45, 7) is 2.96. The minimum absolute atomic E-state index is 0.0362. The molecule has 1 atom stereocenters. The van der Waals surface area contributed by atoms with Crippen molar-refractivity contribution in [3.8, 4) is 0 Å². The van der Waals surface area contributed by atoms with E-state index < -0.39 is 23.5 Å². The normalized spacial score (nSPS) is 12.1. The summed E-state index contributed by atoms with van der Waals surface area (Å²) >= 11 is 0. The van der Waals surface area contributed by atoms with Crippen LogP contribution in [0.3, 0.4) is 0 Å². The Labute approximate surface area is 127 Å². The lowest BCUT2D eigenvalue weighted by Crippen LogP contribution is -2.32. The maximum atomic E-state index is 11.7. The third kappa shape index (κ3) is 5.08. The lowest BCUT2D eigenvalue weighted by atomic mass is 10.0. The number of carboxylic acid groups (broad SMARTS) is 1. The summed E-state index contributed by atoms with van der Waals surface area (Å²) in [5, 5.41) is 12.1. The largest absolute Gasteiger partial charge is 0.480 e. The monoisotopic (exact) mass is 306 g/mol. The lowest BCUT2D eigenvalue weighted by Gasteiger charge is -2.16. The molecule has 8 nitrogen and oxygen atoms in total. The Kier molecular flexibility index (Phi) is 5.91. The highest BCUT2D eigenvalue weighted by molar-refractivity contribution is 5.79. The number of aliphatic carboxylic acids is 1. The van der Waals surface area contributed by atoms with E-state index >= 15 is 0 Å². The second-order valence-electron chi connectivity index (χ2n) is 5.29. The van der Waals surface area contributed by atoms with E-state index in [1.54, 1.807) is 24.3 Å². The van der Waals surface area contributed by atoms with Crippen LogP contribution in [0.5, 0.6) is 0 Å². The first kappa shape index (κ1) is 17.5. The van der Waals surface area contributed by atoms with Crippen molar-refractivity contribution in [2.45, 2.75) is 38.5 Å². The molecule has 0 saturated heterocycles. The number of carbonyl (C=O) groups excluding carboxylic acids is 1. The molecule has 1 rings (SSSR count). The van der Waals surface area contributed by atoms with E-state index in [0.717, 1.165) is 11.1 Å². The fourth-order valence-corrected chi connectivity index (χ4v) is 1.59. The van der Waals surface area contributed by atoms with Gasteiger partial charge in [0, 0.05) is 4.91 Å². The molecule has 3 N–H and O–H groups in total. The van der Waals surface area contributed by atoms with Gasteiger partial charge in [-0.1, -0.05) is 29.4 Å². The maximum absolute atomic E-state index is 11.7. The van der Waals surface area contributed by atoms with Gasteiger partial charge in [0.25, 0.3) is 0 Å². The summed E-state index contributed by atoms with van der Waals surface area (Å²) in [7, 11) is 0. The number of hydrogen-bond acceptors (Lipinski definition) is 5. The summed E-state index contributed by atoms with van der Waals surface area (Å²) < 4.78 is 5.08. The maximum Gasteiger partial charge on any atom is 0.320 e. The fraction of sp³-hybridized carbons (Fsp3) is 0.429. The van der Waals surface area contributed by atoms with Crippen molar-refractivity contribution in [3.05, 3.63) is 45.8 Å². The summed E-state index contributed by atoms with van der Waals surface area (Å²) in [4.78, 5) is 25.0. The van der Waals surface area contributed by atoms with E-state index in [1.165, 1.54) is 13.8 Å². The van der Waals surface area contributed by atoms with E-state index in [2.05, 4.69) is 10.0 Å². The van der Waals surface area contributed by atoms with E-state index in [4.69, 9.17) is 21.1 Å². The van der Waals surface area contributed by atoms with Crippen molar-refractivity contribution in [2.75, 3.05) is 0 Å². The van der Waals surface area contributed by atoms with E-state index in [1.807, 2.05) is 0 Å². The van der Waals surface area contributed by atoms with Crippen LogP contribution < -0.4 is 5.73 Å².